The highest BCUT2D eigenvalue weighted by Gasteiger charge is 2.18. The van der Waals surface area contributed by atoms with Crippen LogP contribution in [0.1, 0.15) is 18.4 Å². The number of hydrogen-bond acceptors (Lipinski definition) is 5. The van der Waals surface area contributed by atoms with Crippen molar-refractivity contribution < 1.29 is 13.9 Å². The van der Waals surface area contributed by atoms with Crippen LogP contribution in [-0.4, -0.2) is 45.7 Å². The third-order valence-corrected chi connectivity index (χ3v) is 5.85. The molecule has 1 unspecified atom stereocenters. The first-order valence-corrected chi connectivity index (χ1v) is 10.9. The SMILES string of the molecule is O=C(CSc1nnc(-c2ccc(F)cc2)n1Cc1ccccc1)NCC1CCCO1. The molecule has 1 atom stereocenters. The second-order valence-corrected chi connectivity index (χ2v) is 8.06. The van der Waals surface area contributed by atoms with Crippen molar-refractivity contribution in [1.82, 2.24) is 20.1 Å². The maximum absolute atomic E-state index is 13.3. The minimum absolute atomic E-state index is 0.0620. The second-order valence-electron chi connectivity index (χ2n) is 7.11. The molecule has 2 heterocycles. The van der Waals surface area contributed by atoms with Crippen LogP contribution in [0.5, 0.6) is 0 Å². The van der Waals surface area contributed by atoms with Crippen molar-refractivity contribution >= 4 is 17.7 Å². The number of halogens is 1. The molecule has 1 aliphatic heterocycles. The first-order chi connectivity index (χ1) is 14.7. The molecule has 1 aliphatic rings. The number of carbonyl (C=O) groups is 1. The van der Waals surface area contributed by atoms with E-state index in [-0.39, 0.29) is 23.6 Å². The maximum atomic E-state index is 13.3. The Balaban J connectivity index is 1.48. The number of hydrogen-bond donors (Lipinski definition) is 1. The Hall–Kier alpha value is -2.71. The minimum atomic E-state index is -0.301. The molecule has 2 aromatic carbocycles. The molecule has 0 aliphatic carbocycles. The van der Waals surface area contributed by atoms with Crippen molar-refractivity contribution in [2.45, 2.75) is 30.6 Å². The molecule has 8 heteroatoms. The molecule has 1 aromatic heterocycles. The van der Waals surface area contributed by atoms with Gasteiger partial charge in [-0.3, -0.25) is 9.36 Å². The van der Waals surface area contributed by atoms with Crippen LogP contribution in [0.4, 0.5) is 4.39 Å². The first-order valence-electron chi connectivity index (χ1n) is 9.93. The van der Waals surface area contributed by atoms with Crippen LogP contribution in [0, 0.1) is 5.82 Å². The summed E-state index contributed by atoms with van der Waals surface area (Å²) in [5.74, 6) is 0.517. The summed E-state index contributed by atoms with van der Waals surface area (Å²) in [4.78, 5) is 12.3. The van der Waals surface area contributed by atoms with Crippen molar-refractivity contribution in [3.8, 4) is 11.4 Å². The lowest BCUT2D eigenvalue weighted by molar-refractivity contribution is -0.119. The zero-order valence-corrected chi connectivity index (χ0v) is 17.3. The normalized spacial score (nSPS) is 16.0. The fourth-order valence-electron chi connectivity index (χ4n) is 3.33. The largest absolute Gasteiger partial charge is 0.376 e. The quantitative estimate of drug-likeness (QED) is 0.558. The molecule has 6 nitrogen and oxygen atoms in total. The summed E-state index contributed by atoms with van der Waals surface area (Å²) >= 11 is 1.34. The lowest BCUT2D eigenvalue weighted by Gasteiger charge is -2.12. The Morgan fingerprint density at radius 1 is 1.17 bits per heavy atom. The lowest BCUT2D eigenvalue weighted by atomic mass is 10.2. The molecule has 1 amide bonds. The molecular weight excluding hydrogens is 403 g/mol. The third-order valence-electron chi connectivity index (χ3n) is 4.89. The van der Waals surface area contributed by atoms with Crippen LogP contribution >= 0.6 is 11.8 Å². The predicted octanol–water partition coefficient (Wildman–Crippen LogP) is 3.52. The number of nitrogens with zero attached hydrogens (tertiary/aromatic N) is 3. The molecule has 30 heavy (non-hydrogen) atoms. The van der Waals surface area contributed by atoms with Gasteiger partial charge in [-0.1, -0.05) is 42.1 Å². The van der Waals surface area contributed by atoms with Gasteiger partial charge < -0.3 is 10.1 Å². The van der Waals surface area contributed by atoms with E-state index in [9.17, 15) is 9.18 Å². The molecule has 0 saturated carbocycles. The van der Waals surface area contributed by atoms with E-state index in [1.807, 2.05) is 34.9 Å². The van der Waals surface area contributed by atoms with Crippen LogP contribution in [-0.2, 0) is 16.1 Å². The number of benzene rings is 2. The second kappa shape index (κ2) is 9.86. The average molecular weight is 427 g/mol. The van der Waals surface area contributed by atoms with Crippen molar-refractivity contribution in [3.63, 3.8) is 0 Å². The predicted molar refractivity (Wildman–Crippen MR) is 114 cm³/mol. The molecular formula is C22H23FN4O2S. The van der Waals surface area contributed by atoms with E-state index in [1.54, 1.807) is 12.1 Å². The molecule has 0 spiro atoms. The summed E-state index contributed by atoms with van der Waals surface area (Å²) in [6, 6.07) is 16.1. The number of amides is 1. The molecule has 1 N–H and O–H groups in total. The lowest BCUT2D eigenvalue weighted by Crippen LogP contribution is -2.32. The summed E-state index contributed by atoms with van der Waals surface area (Å²) in [5, 5.41) is 12.2. The van der Waals surface area contributed by atoms with Gasteiger partial charge in [0.25, 0.3) is 0 Å². The number of thioether (sulfide) groups is 1. The van der Waals surface area contributed by atoms with E-state index >= 15 is 0 Å². The van der Waals surface area contributed by atoms with Crippen LogP contribution in [0.3, 0.4) is 0 Å². The standard InChI is InChI=1S/C22H23FN4O2S/c23-18-10-8-17(9-11-18)21-25-26-22(27(21)14-16-5-2-1-3-6-16)30-15-20(28)24-13-19-7-4-12-29-19/h1-3,5-6,8-11,19H,4,7,12-15H2,(H,24,28). The number of nitrogens with one attached hydrogen (secondary N) is 1. The molecule has 156 valence electrons. The van der Waals surface area contributed by atoms with Gasteiger partial charge in [0.1, 0.15) is 5.82 Å². The average Bonchev–Trinajstić information content (AvgIpc) is 3.42. The van der Waals surface area contributed by atoms with Gasteiger partial charge in [-0.15, -0.1) is 10.2 Å². The zero-order valence-electron chi connectivity index (χ0n) is 16.5. The van der Waals surface area contributed by atoms with E-state index in [1.165, 1.54) is 23.9 Å². The van der Waals surface area contributed by atoms with Gasteiger partial charge in [-0.25, -0.2) is 4.39 Å². The number of ether oxygens (including phenoxy) is 1. The molecule has 3 aromatic rings. The van der Waals surface area contributed by atoms with Crippen LogP contribution < -0.4 is 5.32 Å². The van der Waals surface area contributed by atoms with Gasteiger partial charge in [0, 0.05) is 18.7 Å². The van der Waals surface area contributed by atoms with E-state index in [2.05, 4.69) is 15.5 Å². The van der Waals surface area contributed by atoms with Gasteiger partial charge >= 0.3 is 0 Å². The Bertz CT molecular complexity index is 973. The summed E-state index contributed by atoms with van der Waals surface area (Å²) in [5.41, 5.74) is 1.86. The van der Waals surface area contributed by atoms with Gasteiger partial charge in [-0.05, 0) is 42.7 Å². The van der Waals surface area contributed by atoms with Crippen LogP contribution in [0.15, 0.2) is 59.8 Å². The van der Waals surface area contributed by atoms with Crippen molar-refractivity contribution in [2.24, 2.45) is 0 Å². The van der Waals surface area contributed by atoms with Crippen molar-refractivity contribution in [3.05, 3.63) is 66.0 Å². The van der Waals surface area contributed by atoms with Crippen LogP contribution in [0.2, 0.25) is 0 Å². The van der Waals surface area contributed by atoms with E-state index < -0.39 is 0 Å². The highest BCUT2D eigenvalue weighted by atomic mass is 32.2. The summed E-state index contributed by atoms with van der Waals surface area (Å²) in [6.07, 6.45) is 2.15. The number of carbonyl (C=O) groups excluding carboxylic acids is 1. The van der Waals surface area contributed by atoms with E-state index in [0.717, 1.165) is 30.6 Å². The minimum Gasteiger partial charge on any atom is -0.376 e. The molecule has 0 bridgehead atoms. The highest BCUT2D eigenvalue weighted by Crippen LogP contribution is 2.25. The summed E-state index contributed by atoms with van der Waals surface area (Å²) < 4.78 is 20.8. The smallest absolute Gasteiger partial charge is 0.230 e. The number of rotatable bonds is 8. The fraction of sp³-hybridized carbons (Fsp3) is 0.318. The van der Waals surface area contributed by atoms with Crippen LogP contribution in [0.25, 0.3) is 11.4 Å². The van der Waals surface area contributed by atoms with E-state index in [0.29, 0.717) is 24.1 Å². The monoisotopic (exact) mass is 426 g/mol. The summed E-state index contributed by atoms with van der Waals surface area (Å²) in [7, 11) is 0. The third kappa shape index (κ3) is 5.25. The Kier molecular flexibility index (Phi) is 6.76. The van der Waals surface area contributed by atoms with Crippen molar-refractivity contribution in [1.29, 1.82) is 0 Å². The Labute approximate surface area is 178 Å². The fourth-order valence-corrected chi connectivity index (χ4v) is 4.10. The maximum Gasteiger partial charge on any atom is 0.230 e. The molecule has 1 fully saturated rings. The Morgan fingerprint density at radius 3 is 2.70 bits per heavy atom. The van der Waals surface area contributed by atoms with Gasteiger partial charge in [0.15, 0.2) is 11.0 Å². The van der Waals surface area contributed by atoms with Crippen molar-refractivity contribution in [2.75, 3.05) is 18.9 Å². The van der Waals surface area contributed by atoms with Gasteiger partial charge in [0.05, 0.1) is 18.4 Å². The Morgan fingerprint density at radius 2 is 1.97 bits per heavy atom. The van der Waals surface area contributed by atoms with E-state index in [4.69, 9.17) is 4.74 Å². The topological polar surface area (TPSA) is 69.0 Å². The highest BCUT2D eigenvalue weighted by molar-refractivity contribution is 7.99. The van der Waals surface area contributed by atoms with Gasteiger partial charge in [-0.2, -0.15) is 0 Å². The zero-order chi connectivity index (χ0) is 20.8. The van der Waals surface area contributed by atoms with Gasteiger partial charge in [0.2, 0.25) is 5.91 Å². The first kappa shape index (κ1) is 20.6. The molecule has 1 saturated heterocycles. The molecule has 0 radical (unpaired) electrons. The molecule has 4 rings (SSSR count). The summed E-state index contributed by atoms with van der Waals surface area (Å²) in [6.45, 7) is 1.86. The number of aromatic nitrogens is 3.